The van der Waals surface area contributed by atoms with Crippen LogP contribution in [0.15, 0.2) is 42.4 Å². The van der Waals surface area contributed by atoms with Crippen LogP contribution in [0.1, 0.15) is 24.0 Å². The van der Waals surface area contributed by atoms with Crippen LogP contribution in [0.2, 0.25) is 0 Å². The second kappa shape index (κ2) is 7.09. The van der Waals surface area contributed by atoms with E-state index in [1.165, 1.54) is 11.1 Å². The fourth-order valence-corrected chi connectivity index (χ4v) is 3.15. The van der Waals surface area contributed by atoms with Crippen molar-refractivity contribution in [1.29, 1.82) is 0 Å². The van der Waals surface area contributed by atoms with Gasteiger partial charge in [-0.1, -0.05) is 18.7 Å². The minimum atomic E-state index is -0.109. The lowest BCUT2D eigenvalue weighted by Gasteiger charge is -2.33. The number of aryl methyl sites for hydroxylation is 1. The van der Waals surface area contributed by atoms with E-state index in [0.717, 1.165) is 43.9 Å². The van der Waals surface area contributed by atoms with Gasteiger partial charge in [0, 0.05) is 31.4 Å². The zero-order valence-electron chi connectivity index (χ0n) is 14.4. The smallest absolute Gasteiger partial charge is 0.251 e. The van der Waals surface area contributed by atoms with Gasteiger partial charge in [-0.25, -0.2) is 0 Å². The second-order valence-electron chi connectivity index (χ2n) is 6.55. The highest BCUT2D eigenvalue weighted by atomic mass is 16.5. The Morgan fingerprint density at radius 3 is 2.71 bits per heavy atom. The maximum atomic E-state index is 11.5. The van der Waals surface area contributed by atoms with Crippen LogP contribution in [-0.2, 0) is 4.79 Å². The molecule has 2 aliphatic rings. The van der Waals surface area contributed by atoms with Crippen molar-refractivity contribution in [2.45, 2.75) is 32.8 Å². The third-order valence-corrected chi connectivity index (χ3v) is 4.67. The average molecular weight is 327 g/mol. The molecule has 0 bridgehead atoms. The topological polar surface area (TPSA) is 53.6 Å². The van der Waals surface area contributed by atoms with Crippen LogP contribution in [0, 0.1) is 13.8 Å². The molecule has 1 saturated heterocycles. The average Bonchev–Trinajstić information content (AvgIpc) is 2.53. The Hall–Kier alpha value is -2.27. The summed E-state index contributed by atoms with van der Waals surface area (Å²) in [5.41, 5.74) is 3.39. The summed E-state index contributed by atoms with van der Waals surface area (Å²) in [4.78, 5) is 13.9. The summed E-state index contributed by atoms with van der Waals surface area (Å²) in [6.45, 7) is 10.6. The van der Waals surface area contributed by atoms with Crippen molar-refractivity contribution in [3.63, 3.8) is 0 Å². The van der Waals surface area contributed by atoms with E-state index in [2.05, 4.69) is 48.1 Å². The van der Waals surface area contributed by atoms with Crippen LogP contribution in [0.5, 0.6) is 5.75 Å². The van der Waals surface area contributed by atoms with Gasteiger partial charge in [-0.05, 0) is 43.9 Å². The maximum Gasteiger partial charge on any atom is 0.251 e. The summed E-state index contributed by atoms with van der Waals surface area (Å²) in [7, 11) is 0. The number of piperidine rings is 1. The van der Waals surface area contributed by atoms with E-state index in [4.69, 9.17) is 4.74 Å². The van der Waals surface area contributed by atoms with Crippen LogP contribution in [0.3, 0.4) is 0 Å². The molecule has 128 valence electrons. The third-order valence-electron chi connectivity index (χ3n) is 4.67. The Morgan fingerprint density at radius 2 is 2.00 bits per heavy atom. The molecule has 5 nitrogen and oxygen atoms in total. The van der Waals surface area contributed by atoms with Crippen molar-refractivity contribution in [2.24, 2.45) is 0 Å². The Morgan fingerprint density at radius 1 is 1.25 bits per heavy atom. The molecule has 1 aromatic rings. The summed E-state index contributed by atoms with van der Waals surface area (Å²) in [6, 6.07) is 6.21. The molecule has 1 aromatic carbocycles. The number of rotatable bonds is 4. The molecule has 0 saturated carbocycles. The number of nitrogens with zero attached hydrogens (tertiary/aromatic N) is 1. The quantitative estimate of drug-likeness (QED) is 0.890. The lowest BCUT2D eigenvalue weighted by Crippen LogP contribution is -2.43. The molecule has 5 heteroatoms. The van der Waals surface area contributed by atoms with Crippen molar-refractivity contribution in [3.8, 4) is 5.75 Å². The lowest BCUT2D eigenvalue weighted by molar-refractivity contribution is -0.116. The Labute approximate surface area is 143 Å². The van der Waals surface area contributed by atoms with E-state index in [9.17, 15) is 4.79 Å². The van der Waals surface area contributed by atoms with Crippen LogP contribution < -0.4 is 15.4 Å². The number of carbonyl (C=O) groups excluding carboxylic acids is 1. The maximum absolute atomic E-state index is 11.5. The first-order valence-electron chi connectivity index (χ1n) is 8.44. The first kappa shape index (κ1) is 16.6. The zero-order valence-corrected chi connectivity index (χ0v) is 14.4. The first-order valence-corrected chi connectivity index (χ1v) is 8.44. The molecule has 2 heterocycles. The molecular weight excluding hydrogens is 302 g/mol. The summed E-state index contributed by atoms with van der Waals surface area (Å²) < 4.78 is 6.20. The highest BCUT2D eigenvalue weighted by molar-refractivity contribution is 5.90. The summed E-state index contributed by atoms with van der Waals surface area (Å²) >= 11 is 0. The van der Waals surface area contributed by atoms with Crippen LogP contribution in [0.25, 0.3) is 0 Å². The number of benzene rings is 1. The van der Waals surface area contributed by atoms with Gasteiger partial charge in [0.1, 0.15) is 17.7 Å². The van der Waals surface area contributed by atoms with Gasteiger partial charge in [-0.3, -0.25) is 9.69 Å². The summed E-state index contributed by atoms with van der Waals surface area (Å²) in [5, 5.41) is 5.75. The Balaban J connectivity index is 1.52. The van der Waals surface area contributed by atoms with E-state index in [0.29, 0.717) is 5.82 Å². The van der Waals surface area contributed by atoms with Crippen molar-refractivity contribution in [2.75, 3.05) is 19.6 Å². The van der Waals surface area contributed by atoms with Gasteiger partial charge in [0.15, 0.2) is 0 Å². The molecule has 0 aliphatic carbocycles. The normalized spacial score (nSPS) is 19.5. The molecule has 2 N–H and O–H groups in total. The molecule has 3 rings (SSSR count). The molecule has 1 fully saturated rings. The Bertz CT molecular complexity index is 673. The highest BCUT2D eigenvalue weighted by Gasteiger charge is 2.23. The number of likely N-dealkylation sites (tertiary alicyclic amines) is 1. The van der Waals surface area contributed by atoms with Crippen molar-refractivity contribution in [1.82, 2.24) is 15.5 Å². The molecule has 0 aromatic heterocycles. The van der Waals surface area contributed by atoms with Crippen LogP contribution >= 0.6 is 0 Å². The highest BCUT2D eigenvalue weighted by Crippen LogP contribution is 2.25. The fourth-order valence-electron chi connectivity index (χ4n) is 3.15. The van der Waals surface area contributed by atoms with Gasteiger partial charge in [-0.15, -0.1) is 0 Å². The summed E-state index contributed by atoms with van der Waals surface area (Å²) in [5.74, 6) is 1.44. The van der Waals surface area contributed by atoms with E-state index < -0.39 is 0 Å². The van der Waals surface area contributed by atoms with E-state index in [1.54, 1.807) is 6.08 Å². The lowest BCUT2D eigenvalue weighted by atomic mass is 10.1. The van der Waals surface area contributed by atoms with Gasteiger partial charge in [-0.2, -0.15) is 0 Å². The molecule has 2 aliphatic heterocycles. The fraction of sp³-hybridized carbons (Fsp3) is 0.421. The predicted octanol–water partition coefficient (Wildman–Crippen LogP) is 2.22. The van der Waals surface area contributed by atoms with Gasteiger partial charge in [0.2, 0.25) is 0 Å². The summed E-state index contributed by atoms with van der Waals surface area (Å²) in [6.07, 6.45) is 3.85. The predicted molar refractivity (Wildman–Crippen MR) is 94.5 cm³/mol. The molecule has 1 amide bonds. The van der Waals surface area contributed by atoms with Crippen LogP contribution in [-0.4, -0.2) is 36.5 Å². The second-order valence-corrected chi connectivity index (χ2v) is 6.55. The van der Waals surface area contributed by atoms with E-state index in [1.807, 2.05) is 6.07 Å². The van der Waals surface area contributed by atoms with E-state index in [-0.39, 0.29) is 12.0 Å². The number of amides is 1. The number of carbonyl (C=O) groups is 1. The largest absolute Gasteiger partial charge is 0.490 e. The number of nitrogens with one attached hydrogen (secondary N) is 2. The third kappa shape index (κ3) is 3.97. The zero-order chi connectivity index (χ0) is 17.1. The molecule has 0 atom stereocenters. The molecule has 0 unspecified atom stereocenters. The first-order chi connectivity index (χ1) is 11.5. The number of hydrogen-bond donors (Lipinski definition) is 2. The van der Waals surface area contributed by atoms with Gasteiger partial charge < -0.3 is 15.4 Å². The standard InChI is InChI=1S/C19H25N3O2/c1-13-5-4-6-18(14(13)2)24-17-7-9-22(10-8-17)12-16-11-19(23)21-15(3)20-16/h4-6,11,17,20H,3,7-10,12H2,1-2H3,(H,21,23). The molecular formula is C19H25N3O2. The minimum absolute atomic E-state index is 0.109. The monoisotopic (exact) mass is 327 g/mol. The van der Waals surface area contributed by atoms with Gasteiger partial charge >= 0.3 is 0 Å². The number of hydrogen-bond acceptors (Lipinski definition) is 4. The minimum Gasteiger partial charge on any atom is -0.490 e. The Kier molecular flexibility index (Phi) is 4.90. The SMILES string of the molecule is C=C1NC(=O)C=C(CN2CCC(Oc3cccc(C)c3C)CC2)N1. The van der Waals surface area contributed by atoms with E-state index >= 15 is 0 Å². The number of ether oxygens (including phenoxy) is 1. The molecule has 0 radical (unpaired) electrons. The van der Waals surface area contributed by atoms with Crippen molar-refractivity contribution >= 4 is 5.91 Å². The van der Waals surface area contributed by atoms with Gasteiger partial charge in [0.05, 0.1) is 0 Å². The van der Waals surface area contributed by atoms with Gasteiger partial charge in [0.25, 0.3) is 5.91 Å². The molecule has 0 spiro atoms. The van der Waals surface area contributed by atoms with Crippen molar-refractivity contribution in [3.05, 3.63) is 53.5 Å². The molecule has 24 heavy (non-hydrogen) atoms. The van der Waals surface area contributed by atoms with Crippen molar-refractivity contribution < 1.29 is 9.53 Å². The van der Waals surface area contributed by atoms with Crippen LogP contribution in [0.4, 0.5) is 0 Å².